The van der Waals surface area contributed by atoms with Crippen LogP contribution < -0.4 is 5.32 Å². The second-order valence-electron chi connectivity index (χ2n) is 7.55. The van der Waals surface area contributed by atoms with Gasteiger partial charge in [-0.15, -0.1) is 12.4 Å². The van der Waals surface area contributed by atoms with Crippen molar-refractivity contribution in [1.82, 2.24) is 5.32 Å². The number of rotatable bonds is 9. The third-order valence-corrected chi connectivity index (χ3v) is 5.27. The summed E-state index contributed by atoms with van der Waals surface area (Å²) < 4.78 is 0. The van der Waals surface area contributed by atoms with Gasteiger partial charge in [-0.1, -0.05) is 72.3 Å². The number of carbonyl (C=O) groups is 1. The molecule has 3 rings (SSSR count). The Morgan fingerprint density at radius 1 is 0.968 bits per heavy atom. The zero-order chi connectivity index (χ0) is 21.5. The van der Waals surface area contributed by atoms with E-state index in [0.29, 0.717) is 11.6 Å². The summed E-state index contributed by atoms with van der Waals surface area (Å²) in [4.78, 5) is 10.8. The lowest BCUT2D eigenvalue weighted by atomic mass is 9.99. The molecular formula is C25H27Cl2NO3. The van der Waals surface area contributed by atoms with Crippen LogP contribution in [-0.4, -0.2) is 28.8 Å². The number of hydrogen-bond acceptors (Lipinski definition) is 3. The van der Waals surface area contributed by atoms with E-state index < -0.39 is 12.1 Å². The summed E-state index contributed by atoms with van der Waals surface area (Å²) in [6, 6.07) is 23.5. The molecule has 3 aromatic rings. The Labute approximate surface area is 194 Å². The van der Waals surface area contributed by atoms with Crippen molar-refractivity contribution in [2.75, 3.05) is 6.54 Å². The molecule has 0 aliphatic rings. The smallest absolute Gasteiger partial charge is 0.307 e. The highest BCUT2D eigenvalue weighted by molar-refractivity contribution is 6.30. The Kier molecular flexibility index (Phi) is 9.53. The number of nitrogens with one attached hydrogen (secondary N) is 1. The van der Waals surface area contributed by atoms with Gasteiger partial charge in [-0.3, -0.25) is 4.79 Å². The van der Waals surface area contributed by atoms with Crippen LogP contribution in [-0.2, 0) is 17.6 Å². The van der Waals surface area contributed by atoms with E-state index >= 15 is 0 Å². The van der Waals surface area contributed by atoms with E-state index in [1.807, 2.05) is 36.4 Å². The van der Waals surface area contributed by atoms with E-state index in [0.717, 1.165) is 28.7 Å². The average Bonchev–Trinajstić information content (AvgIpc) is 2.73. The lowest BCUT2D eigenvalue weighted by Crippen LogP contribution is -2.32. The first-order valence-electron chi connectivity index (χ1n) is 9.97. The molecule has 164 valence electrons. The summed E-state index contributed by atoms with van der Waals surface area (Å²) in [7, 11) is 0. The van der Waals surface area contributed by atoms with Crippen molar-refractivity contribution < 1.29 is 15.0 Å². The van der Waals surface area contributed by atoms with Gasteiger partial charge < -0.3 is 15.5 Å². The number of halogens is 2. The van der Waals surface area contributed by atoms with Crippen molar-refractivity contribution in [3.8, 4) is 11.1 Å². The maximum Gasteiger partial charge on any atom is 0.307 e. The maximum absolute atomic E-state index is 10.8. The molecule has 0 amide bonds. The molecule has 0 heterocycles. The number of benzene rings is 3. The number of aliphatic hydroxyl groups excluding tert-OH is 1. The minimum atomic E-state index is -0.824. The van der Waals surface area contributed by atoms with E-state index in [1.54, 1.807) is 12.1 Å². The molecule has 31 heavy (non-hydrogen) atoms. The third-order valence-electron chi connectivity index (χ3n) is 5.03. The number of aliphatic carboxylic acids is 1. The zero-order valence-electron chi connectivity index (χ0n) is 17.3. The van der Waals surface area contributed by atoms with E-state index in [9.17, 15) is 9.90 Å². The molecule has 0 bridgehead atoms. The number of carboxylic acid groups (broad SMARTS) is 1. The van der Waals surface area contributed by atoms with Crippen molar-refractivity contribution in [2.24, 2.45) is 0 Å². The summed E-state index contributed by atoms with van der Waals surface area (Å²) in [5.74, 6) is -0.824. The molecule has 0 saturated heterocycles. The first-order valence-corrected chi connectivity index (χ1v) is 10.4. The monoisotopic (exact) mass is 459 g/mol. The van der Waals surface area contributed by atoms with Gasteiger partial charge in [0.05, 0.1) is 12.5 Å². The van der Waals surface area contributed by atoms with E-state index in [2.05, 4.69) is 36.5 Å². The van der Waals surface area contributed by atoms with Crippen LogP contribution in [0, 0.1) is 0 Å². The third kappa shape index (κ3) is 7.67. The highest BCUT2D eigenvalue weighted by Gasteiger charge is 2.10. The van der Waals surface area contributed by atoms with Gasteiger partial charge in [0.25, 0.3) is 0 Å². The lowest BCUT2D eigenvalue weighted by molar-refractivity contribution is -0.136. The fourth-order valence-corrected chi connectivity index (χ4v) is 3.59. The van der Waals surface area contributed by atoms with Crippen LogP contribution >= 0.6 is 24.0 Å². The molecular weight excluding hydrogens is 433 g/mol. The molecule has 0 aliphatic heterocycles. The van der Waals surface area contributed by atoms with Crippen LogP contribution in [0.3, 0.4) is 0 Å². The predicted octanol–water partition coefficient (Wildman–Crippen LogP) is 5.31. The fourth-order valence-electron chi connectivity index (χ4n) is 3.39. The second-order valence-corrected chi connectivity index (χ2v) is 7.99. The number of aliphatic hydroxyl groups is 1. The predicted molar refractivity (Wildman–Crippen MR) is 128 cm³/mol. The fraction of sp³-hybridized carbons (Fsp3) is 0.240. The topological polar surface area (TPSA) is 69.6 Å². The molecule has 3 N–H and O–H groups in total. The largest absolute Gasteiger partial charge is 0.481 e. The van der Waals surface area contributed by atoms with Crippen molar-refractivity contribution in [1.29, 1.82) is 0 Å². The van der Waals surface area contributed by atoms with Crippen molar-refractivity contribution in [3.63, 3.8) is 0 Å². The Bertz CT molecular complexity index is 975. The van der Waals surface area contributed by atoms with E-state index in [1.165, 1.54) is 5.56 Å². The minimum absolute atomic E-state index is 0. The molecule has 0 aromatic heterocycles. The normalized spacial score (nSPS) is 12.6. The van der Waals surface area contributed by atoms with Crippen LogP contribution in [0.15, 0.2) is 72.8 Å². The van der Waals surface area contributed by atoms with Crippen LogP contribution in [0.2, 0.25) is 5.02 Å². The lowest BCUT2D eigenvalue weighted by Gasteiger charge is -2.18. The van der Waals surface area contributed by atoms with Gasteiger partial charge in [-0.05, 0) is 53.3 Å². The SMILES string of the molecule is C[C@H](Cc1ccc(-c2ccc(CC(=O)O)cc2)cc1)NC[C@H](O)c1cccc(Cl)c1.Cl. The van der Waals surface area contributed by atoms with E-state index in [-0.39, 0.29) is 24.9 Å². The van der Waals surface area contributed by atoms with Gasteiger partial charge in [-0.2, -0.15) is 0 Å². The molecule has 4 nitrogen and oxygen atoms in total. The molecule has 6 heteroatoms. The minimum Gasteiger partial charge on any atom is -0.481 e. The van der Waals surface area contributed by atoms with Gasteiger partial charge in [0.1, 0.15) is 0 Å². The summed E-state index contributed by atoms with van der Waals surface area (Å²) in [6.07, 6.45) is 0.286. The molecule has 0 aliphatic carbocycles. The molecule has 2 atom stereocenters. The number of hydrogen-bond donors (Lipinski definition) is 3. The molecule has 0 saturated carbocycles. The van der Waals surface area contributed by atoms with Crippen LogP contribution in [0.4, 0.5) is 0 Å². The highest BCUT2D eigenvalue weighted by Crippen LogP contribution is 2.21. The molecule has 0 radical (unpaired) electrons. The first-order chi connectivity index (χ1) is 14.4. The van der Waals surface area contributed by atoms with Gasteiger partial charge in [0.15, 0.2) is 0 Å². The quantitative estimate of drug-likeness (QED) is 0.405. The van der Waals surface area contributed by atoms with Gasteiger partial charge in [0.2, 0.25) is 0 Å². The maximum atomic E-state index is 10.8. The average molecular weight is 460 g/mol. The molecule has 0 spiro atoms. The molecule has 0 fully saturated rings. The summed E-state index contributed by atoms with van der Waals surface area (Å²) in [6.45, 7) is 2.56. The highest BCUT2D eigenvalue weighted by atomic mass is 35.5. The molecule has 0 unspecified atom stereocenters. The number of carboxylic acids is 1. The zero-order valence-corrected chi connectivity index (χ0v) is 18.9. The first kappa shape index (κ1) is 24.9. The van der Waals surface area contributed by atoms with E-state index in [4.69, 9.17) is 16.7 Å². The van der Waals surface area contributed by atoms with Gasteiger partial charge in [0, 0.05) is 17.6 Å². The molecule has 3 aromatic carbocycles. The van der Waals surface area contributed by atoms with Crippen LogP contribution in [0.25, 0.3) is 11.1 Å². The van der Waals surface area contributed by atoms with Gasteiger partial charge in [-0.25, -0.2) is 0 Å². The van der Waals surface area contributed by atoms with Crippen molar-refractivity contribution in [2.45, 2.75) is 31.9 Å². The summed E-state index contributed by atoms with van der Waals surface area (Å²) in [5.41, 5.74) is 4.96. The Balaban J connectivity index is 0.00000341. The van der Waals surface area contributed by atoms with Crippen molar-refractivity contribution in [3.05, 3.63) is 94.5 Å². The Morgan fingerprint density at radius 3 is 2.10 bits per heavy atom. The van der Waals surface area contributed by atoms with Gasteiger partial charge >= 0.3 is 5.97 Å². The standard InChI is InChI=1S/C25H26ClNO3.ClH/c1-17(27-16-24(28)22-3-2-4-23(26)15-22)13-18-5-9-20(10-6-18)21-11-7-19(8-12-21)14-25(29)30;/h2-12,15,17,24,27-28H,13-14,16H2,1H3,(H,29,30);1H/t17-,24+;/m1./s1. The second kappa shape index (κ2) is 11.9. The van der Waals surface area contributed by atoms with Crippen LogP contribution in [0.1, 0.15) is 29.7 Å². The summed E-state index contributed by atoms with van der Waals surface area (Å²) >= 11 is 5.99. The summed E-state index contributed by atoms with van der Waals surface area (Å²) in [5, 5.41) is 23.2. The van der Waals surface area contributed by atoms with Crippen molar-refractivity contribution >= 4 is 30.0 Å². The Morgan fingerprint density at radius 2 is 1.55 bits per heavy atom. The van der Waals surface area contributed by atoms with Crippen LogP contribution in [0.5, 0.6) is 0 Å². The Hall–Kier alpha value is -2.37.